The van der Waals surface area contributed by atoms with Crippen molar-refractivity contribution < 1.29 is 9.90 Å². The number of aromatic nitrogens is 1. The summed E-state index contributed by atoms with van der Waals surface area (Å²) in [5, 5.41) is 10.2. The average Bonchev–Trinajstić information content (AvgIpc) is 3.52. The van der Waals surface area contributed by atoms with Gasteiger partial charge in [-0.05, 0) is 56.7 Å². The van der Waals surface area contributed by atoms with Gasteiger partial charge in [-0.3, -0.25) is 19.4 Å². The third-order valence-corrected chi connectivity index (χ3v) is 8.73. The number of H-pyrrole nitrogens is 1. The summed E-state index contributed by atoms with van der Waals surface area (Å²) in [5.74, 6) is -0.148. The number of phenolic OH excluding ortho intramolecular Hbond substituents is 1. The Morgan fingerprint density at radius 2 is 1.81 bits per heavy atom. The number of fused-ring (bicyclic) bond motifs is 1. The number of aromatic hydroxyl groups is 1. The summed E-state index contributed by atoms with van der Waals surface area (Å²) >= 11 is 1.17. The molecule has 3 aromatic rings. The summed E-state index contributed by atoms with van der Waals surface area (Å²) in [5.41, 5.74) is 8.33. The molecule has 0 aliphatic heterocycles. The fourth-order valence-electron chi connectivity index (χ4n) is 5.70. The Hall–Kier alpha value is -2.68. The molecule has 0 radical (unpaired) electrons. The maximum atomic E-state index is 12.0. The first-order valence-corrected chi connectivity index (χ1v) is 14.2. The fraction of sp³-hybridized carbons (Fsp3) is 0.517. The molecule has 200 valence electrons. The number of nitrogens with one attached hydrogen (secondary N) is 1. The van der Waals surface area contributed by atoms with Gasteiger partial charge in [0, 0.05) is 44.2 Å². The molecule has 37 heavy (non-hydrogen) atoms. The van der Waals surface area contributed by atoms with Crippen LogP contribution in [0.25, 0.3) is 10.2 Å². The zero-order valence-electron chi connectivity index (χ0n) is 22.0. The Morgan fingerprint density at radius 1 is 1.08 bits per heavy atom. The molecule has 1 saturated carbocycles. The summed E-state index contributed by atoms with van der Waals surface area (Å²) in [6, 6.07) is 14.7. The van der Waals surface area contributed by atoms with Crippen molar-refractivity contribution in [2.75, 3.05) is 26.2 Å². The standard InChI is InChI=1S/C29H40N4O3S/c1-29(2,20-21-8-4-3-5-9-21)33(17-15-25(30)35)19-18-32(23-10-6-7-11-23)16-14-22-12-13-24(34)26-27(22)37-28(36)31-26/h3-5,8-9,12-13,23,34H,6-7,10-11,14-20H2,1-2H3,(H2,30,35)(H,31,36). The van der Waals surface area contributed by atoms with E-state index in [1.54, 1.807) is 6.07 Å². The van der Waals surface area contributed by atoms with Gasteiger partial charge < -0.3 is 15.8 Å². The van der Waals surface area contributed by atoms with Gasteiger partial charge in [-0.1, -0.05) is 60.6 Å². The van der Waals surface area contributed by atoms with Gasteiger partial charge in [0.1, 0.15) is 11.3 Å². The molecule has 1 aliphatic rings. The number of thiazole rings is 1. The number of hydrogen-bond acceptors (Lipinski definition) is 6. The predicted molar refractivity (Wildman–Crippen MR) is 151 cm³/mol. The molecule has 0 saturated heterocycles. The Balaban J connectivity index is 1.48. The lowest BCUT2D eigenvalue weighted by Gasteiger charge is -2.41. The van der Waals surface area contributed by atoms with Crippen LogP contribution in [0.5, 0.6) is 5.75 Å². The van der Waals surface area contributed by atoms with E-state index in [0.29, 0.717) is 24.5 Å². The predicted octanol–water partition coefficient (Wildman–Crippen LogP) is 4.28. The van der Waals surface area contributed by atoms with Crippen LogP contribution < -0.4 is 10.6 Å². The summed E-state index contributed by atoms with van der Waals surface area (Å²) < 4.78 is 0.850. The first-order chi connectivity index (χ1) is 17.7. The van der Waals surface area contributed by atoms with Crippen molar-refractivity contribution in [3.05, 3.63) is 63.3 Å². The first-order valence-electron chi connectivity index (χ1n) is 13.4. The van der Waals surface area contributed by atoms with Crippen LogP contribution in [0.4, 0.5) is 0 Å². The van der Waals surface area contributed by atoms with E-state index in [-0.39, 0.29) is 22.1 Å². The molecule has 2 aromatic carbocycles. The van der Waals surface area contributed by atoms with Crippen molar-refractivity contribution in [3.8, 4) is 5.75 Å². The number of nitrogens with two attached hydrogens (primary N) is 1. The molecule has 0 unspecified atom stereocenters. The van der Waals surface area contributed by atoms with Crippen molar-refractivity contribution >= 4 is 27.5 Å². The molecule has 1 heterocycles. The van der Waals surface area contributed by atoms with Gasteiger partial charge in [0.25, 0.3) is 0 Å². The molecule has 0 spiro atoms. The minimum Gasteiger partial charge on any atom is -0.506 e. The molecule has 1 aliphatic carbocycles. The number of phenols is 1. The largest absolute Gasteiger partial charge is 0.506 e. The van der Waals surface area contributed by atoms with Gasteiger partial charge in [0.2, 0.25) is 5.91 Å². The van der Waals surface area contributed by atoms with E-state index in [2.05, 4.69) is 52.9 Å². The van der Waals surface area contributed by atoms with Crippen LogP contribution in [0.3, 0.4) is 0 Å². The van der Waals surface area contributed by atoms with Gasteiger partial charge in [0.05, 0.1) is 4.70 Å². The molecule has 0 bridgehead atoms. The number of nitrogens with zero attached hydrogens (tertiary/aromatic N) is 2. The molecule has 7 nitrogen and oxygen atoms in total. The van der Waals surface area contributed by atoms with E-state index in [9.17, 15) is 14.7 Å². The van der Waals surface area contributed by atoms with E-state index in [1.165, 1.54) is 42.6 Å². The Morgan fingerprint density at radius 3 is 2.51 bits per heavy atom. The topological polar surface area (TPSA) is 103 Å². The van der Waals surface area contributed by atoms with Crippen molar-refractivity contribution in [3.63, 3.8) is 0 Å². The number of benzene rings is 2. The molecule has 1 aromatic heterocycles. The first kappa shape index (κ1) is 27.4. The molecule has 4 rings (SSSR count). The molecule has 1 fully saturated rings. The average molecular weight is 525 g/mol. The fourth-order valence-corrected chi connectivity index (χ4v) is 6.60. The number of rotatable bonds is 13. The van der Waals surface area contributed by atoms with Crippen LogP contribution in [-0.4, -0.2) is 63.6 Å². The van der Waals surface area contributed by atoms with Crippen LogP contribution in [0.2, 0.25) is 0 Å². The van der Waals surface area contributed by atoms with E-state index >= 15 is 0 Å². The van der Waals surface area contributed by atoms with Gasteiger partial charge in [-0.25, -0.2) is 0 Å². The van der Waals surface area contributed by atoms with E-state index < -0.39 is 0 Å². The summed E-state index contributed by atoms with van der Waals surface area (Å²) in [6.45, 7) is 7.80. The van der Waals surface area contributed by atoms with Crippen molar-refractivity contribution in [1.82, 2.24) is 14.8 Å². The second kappa shape index (κ2) is 12.2. The minimum absolute atomic E-state index is 0.121. The third-order valence-electron chi connectivity index (χ3n) is 7.77. The van der Waals surface area contributed by atoms with Gasteiger partial charge in [0.15, 0.2) is 0 Å². The molecule has 0 atom stereocenters. The Kier molecular flexibility index (Phi) is 9.05. The van der Waals surface area contributed by atoms with E-state index in [0.717, 1.165) is 42.7 Å². The maximum absolute atomic E-state index is 12.0. The van der Waals surface area contributed by atoms with Gasteiger partial charge >= 0.3 is 4.87 Å². The summed E-state index contributed by atoms with van der Waals surface area (Å²) in [6.07, 6.45) is 6.99. The van der Waals surface area contributed by atoms with Crippen LogP contribution in [0.15, 0.2) is 47.3 Å². The monoisotopic (exact) mass is 524 g/mol. The van der Waals surface area contributed by atoms with Crippen molar-refractivity contribution in [2.45, 2.75) is 70.4 Å². The highest BCUT2D eigenvalue weighted by molar-refractivity contribution is 7.16. The molecule has 4 N–H and O–H groups in total. The Bertz CT molecular complexity index is 1230. The number of primary amides is 1. The number of carbonyl (C=O) groups is 1. The highest BCUT2D eigenvalue weighted by Gasteiger charge is 2.29. The second-order valence-corrected chi connectivity index (χ2v) is 11.8. The normalized spacial score (nSPS) is 14.8. The quantitative estimate of drug-likeness (QED) is 0.310. The zero-order chi connectivity index (χ0) is 26.4. The number of aromatic amines is 1. The van der Waals surface area contributed by atoms with Gasteiger partial charge in [-0.15, -0.1) is 0 Å². The molecule has 1 amide bonds. The van der Waals surface area contributed by atoms with Crippen molar-refractivity contribution in [1.29, 1.82) is 0 Å². The number of amides is 1. The second-order valence-electron chi connectivity index (χ2n) is 10.9. The highest BCUT2D eigenvalue weighted by atomic mass is 32.1. The molecular formula is C29H40N4O3S. The summed E-state index contributed by atoms with van der Waals surface area (Å²) in [7, 11) is 0. The van der Waals surface area contributed by atoms with Crippen LogP contribution in [0, 0.1) is 0 Å². The number of hydrogen-bond donors (Lipinski definition) is 3. The lowest BCUT2D eigenvalue weighted by atomic mass is 9.92. The van der Waals surface area contributed by atoms with E-state index in [1.807, 2.05) is 12.1 Å². The van der Waals surface area contributed by atoms with E-state index in [4.69, 9.17) is 5.73 Å². The van der Waals surface area contributed by atoms with Gasteiger partial charge in [-0.2, -0.15) is 0 Å². The smallest absolute Gasteiger partial charge is 0.305 e. The zero-order valence-corrected chi connectivity index (χ0v) is 22.9. The van der Waals surface area contributed by atoms with Crippen LogP contribution in [-0.2, 0) is 17.6 Å². The highest BCUT2D eigenvalue weighted by Crippen LogP contribution is 2.30. The maximum Gasteiger partial charge on any atom is 0.305 e. The number of carbonyl (C=O) groups excluding carboxylic acids is 1. The summed E-state index contributed by atoms with van der Waals surface area (Å²) in [4.78, 5) is 31.3. The molecular weight excluding hydrogens is 484 g/mol. The Labute approximate surface area is 223 Å². The van der Waals surface area contributed by atoms with Crippen LogP contribution in [0.1, 0.15) is 57.1 Å². The minimum atomic E-state index is -0.269. The lowest BCUT2D eigenvalue weighted by molar-refractivity contribution is -0.118. The van der Waals surface area contributed by atoms with Crippen LogP contribution >= 0.6 is 11.3 Å². The molecule has 8 heteroatoms. The van der Waals surface area contributed by atoms with Crippen molar-refractivity contribution in [2.24, 2.45) is 5.73 Å². The lowest BCUT2D eigenvalue weighted by Crippen LogP contribution is -2.51. The SMILES string of the molecule is CC(C)(Cc1ccccc1)N(CCC(N)=O)CCN(CCc1ccc(O)c2[nH]c(=O)sc12)C1CCCC1. The third kappa shape index (κ3) is 7.21.